The third-order valence-electron chi connectivity index (χ3n) is 3.46. The molecular formula is C13H20N4O3. The number of hydrogen-bond donors (Lipinski definition) is 1. The number of nitrogens with zero attached hydrogens (tertiary/aromatic N) is 3. The third kappa shape index (κ3) is 3.23. The van der Waals surface area contributed by atoms with E-state index in [4.69, 9.17) is 0 Å². The zero-order chi connectivity index (χ0) is 15.4. The quantitative estimate of drug-likeness (QED) is 0.659. The highest BCUT2D eigenvalue weighted by molar-refractivity contribution is 5.98. The Kier molecular flexibility index (Phi) is 5.01. The van der Waals surface area contributed by atoms with Gasteiger partial charge in [0.25, 0.3) is 11.6 Å². The van der Waals surface area contributed by atoms with Gasteiger partial charge in [-0.3, -0.25) is 14.9 Å². The smallest absolute Gasteiger partial charge is 0.300 e. The Morgan fingerprint density at radius 3 is 2.50 bits per heavy atom. The molecule has 1 N–H and O–H groups in total. The van der Waals surface area contributed by atoms with Gasteiger partial charge in [-0.1, -0.05) is 13.8 Å². The molecule has 1 rings (SSSR count). The molecule has 0 aromatic carbocycles. The van der Waals surface area contributed by atoms with E-state index in [1.165, 1.54) is 11.0 Å². The van der Waals surface area contributed by atoms with E-state index in [0.717, 1.165) is 6.20 Å². The molecule has 0 bridgehead atoms. The maximum Gasteiger partial charge on any atom is 0.300 e. The van der Waals surface area contributed by atoms with E-state index in [2.05, 4.69) is 10.3 Å². The van der Waals surface area contributed by atoms with E-state index in [-0.39, 0.29) is 29.1 Å². The van der Waals surface area contributed by atoms with Crippen LogP contribution in [-0.2, 0) is 0 Å². The molecule has 1 amide bonds. The standard InChI is InChI=1S/C13H20N4O3/c1-8(2)9(3)16(5)13(18)10-6-12(14-4)15-7-11(10)17(19)20/h6-9H,1-5H3,(H,14,15). The largest absolute Gasteiger partial charge is 0.373 e. The first kappa shape index (κ1) is 15.9. The summed E-state index contributed by atoms with van der Waals surface area (Å²) in [7, 11) is 3.29. The maximum atomic E-state index is 12.4. The molecule has 0 radical (unpaired) electrons. The van der Waals surface area contributed by atoms with Crippen LogP contribution in [0.1, 0.15) is 31.1 Å². The van der Waals surface area contributed by atoms with Gasteiger partial charge in [0.05, 0.1) is 4.92 Å². The normalized spacial score (nSPS) is 12.1. The molecular weight excluding hydrogens is 260 g/mol. The molecule has 0 saturated heterocycles. The Hall–Kier alpha value is -2.18. The van der Waals surface area contributed by atoms with Gasteiger partial charge in [0.15, 0.2) is 0 Å². The number of carbonyl (C=O) groups is 1. The Morgan fingerprint density at radius 1 is 1.45 bits per heavy atom. The maximum absolute atomic E-state index is 12.4. The summed E-state index contributed by atoms with van der Waals surface area (Å²) in [5, 5.41) is 13.8. The van der Waals surface area contributed by atoms with Crippen LogP contribution in [-0.4, -0.2) is 40.9 Å². The topological polar surface area (TPSA) is 88.4 Å². The lowest BCUT2D eigenvalue weighted by atomic mass is 10.0. The van der Waals surface area contributed by atoms with Crippen molar-refractivity contribution in [1.29, 1.82) is 0 Å². The molecule has 110 valence electrons. The van der Waals surface area contributed by atoms with E-state index in [1.807, 2.05) is 20.8 Å². The van der Waals surface area contributed by atoms with Crippen LogP contribution < -0.4 is 5.32 Å². The number of rotatable bonds is 5. The molecule has 1 atom stereocenters. The molecule has 0 saturated carbocycles. The fourth-order valence-corrected chi connectivity index (χ4v) is 1.72. The molecule has 0 aliphatic carbocycles. The molecule has 1 aromatic heterocycles. The summed E-state index contributed by atoms with van der Waals surface area (Å²) < 4.78 is 0. The van der Waals surface area contributed by atoms with Crippen LogP contribution in [0.2, 0.25) is 0 Å². The van der Waals surface area contributed by atoms with Gasteiger partial charge in [-0.2, -0.15) is 0 Å². The van der Waals surface area contributed by atoms with Crippen LogP contribution in [0.4, 0.5) is 11.5 Å². The number of carbonyl (C=O) groups excluding carboxylic acids is 1. The first-order chi connectivity index (χ1) is 9.29. The van der Waals surface area contributed by atoms with Crippen LogP contribution in [0.15, 0.2) is 12.3 Å². The number of pyridine rings is 1. The van der Waals surface area contributed by atoms with Crippen molar-refractivity contribution in [3.05, 3.63) is 27.9 Å². The monoisotopic (exact) mass is 280 g/mol. The zero-order valence-corrected chi connectivity index (χ0v) is 12.4. The van der Waals surface area contributed by atoms with Gasteiger partial charge in [-0.05, 0) is 12.8 Å². The zero-order valence-electron chi connectivity index (χ0n) is 12.4. The van der Waals surface area contributed by atoms with Gasteiger partial charge in [-0.15, -0.1) is 0 Å². The van der Waals surface area contributed by atoms with E-state index in [1.54, 1.807) is 14.1 Å². The lowest BCUT2D eigenvalue weighted by Gasteiger charge is -2.28. The Bertz CT molecular complexity index is 516. The predicted octanol–water partition coefficient (Wildman–Crippen LogP) is 2.15. The minimum absolute atomic E-state index is 0.0201. The fraction of sp³-hybridized carbons (Fsp3) is 0.538. The lowest BCUT2D eigenvalue weighted by molar-refractivity contribution is -0.385. The van der Waals surface area contributed by atoms with Gasteiger partial charge < -0.3 is 10.2 Å². The SMILES string of the molecule is CNc1cc(C(=O)N(C)C(C)C(C)C)c([N+](=O)[O-])cn1. The van der Waals surface area contributed by atoms with E-state index in [0.29, 0.717) is 5.82 Å². The molecule has 7 heteroatoms. The minimum atomic E-state index is -0.590. The van der Waals surface area contributed by atoms with Crippen molar-refractivity contribution < 1.29 is 9.72 Å². The Labute approximate surface area is 118 Å². The number of aromatic nitrogens is 1. The highest BCUT2D eigenvalue weighted by Crippen LogP contribution is 2.23. The first-order valence-electron chi connectivity index (χ1n) is 6.39. The average Bonchev–Trinajstić information content (AvgIpc) is 2.43. The second-order valence-electron chi connectivity index (χ2n) is 4.99. The molecule has 1 heterocycles. The van der Waals surface area contributed by atoms with Crippen LogP contribution in [0.3, 0.4) is 0 Å². The van der Waals surface area contributed by atoms with Gasteiger partial charge >= 0.3 is 0 Å². The van der Waals surface area contributed by atoms with Crippen LogP contribution >= 0.6 is 0 Å². The van der Waals surface area contributed by atoms with Crippen molar-refractivity contribution in [1.82, 2.24) is 9.88 Å². The highest BCUT2D eigenvalue weighted by Gasteiger charge is 2.27. The lowest BCUT2D eigenvalue weighted by Crippen LogP contribution is -2.38. The summed E-state index contributed by atoms with van der Waals surface area (Å²) >= 11 is 0. The van der Waals surface area contributed by atoms with Crippen molar-refractivity contribution in [3.63, 3.8) is 0 Å². The van der Waals surface area contributed by atoms with Gasteiger partial charge in [0.1, 0.15) is 17.6 Å². The molecule has 1 aromatic rings. The van der Waals surface area contributed by atoms with E-state index in [9.17, 15) is 14.9 Å². The molecule has 1 unspecified atom stereocenters. The number of nitro groups is 1. The van der Waals surface area contributed by atoms with Crippen LogP contribution in [0.5, 0.6) is 0 Å². The van der Waals surface area contributed by atoms with E-state index >= 15 is 0 Å². The molecule has 20 heavy (non-hydrogen) atoms. The number of nitrogens with one attached hydrogen (secondary N) is 1. The number of amides is 1. The van der Waals surface area contributed by atoms with Crippen LogP contribution in [0.25, 0.3) is 0 Å². The number of hydrogen-bond acceptors (Lipinski definition) is 5. The molecule has 0 aliphatic rings. The highest BCUT2D eigenvalue weighted by atomic mass is 16.6. The predicted molar refractivity (Wildman–Crippen MR) is 76.8 cm³/mol. The molecule has 0 aliphatic heterocycles. The second kappa shape index (κ2) is 6.31. The molecule has 0 fully saturated rings. The summed E-state index contributed by atoms with van der Waals surface area (Å²) in [6.45, 7) is 5.90. The summed E-state index contributed by atoms with van der Waals surface area (Å²) in [6, 6.07) is 1.39. The van der Waals surface area contributed by atoms with Gasteiger partial charge in [0, 0.05) is 26.2 Å². The third-order valence-corrected chi connectivity index (χ3v) is 3.46. The second-order valence-corrected chi connectivity index (χ2v) is 4.99. The summed E-state index contributed by atoms with van der Waals surface area (Å²) in [5.41, 5.74) is -0.235. The molecule has 7 nitrogen and oxygen atoms in total. The van der Waals surface area contributed by atoms with Gasteiger partial charge in [0.2, 0.25) is 0 Å². The van der Waals surface area contributed by atoms with Crippen LogP contribution in [0, 0.1) is 16.0 Å². The van der Waals surface area contributed by atoms with Crippen molar-refractivity contribution >= 4 is 17.4 Å². The fourth-order valence-electron chi connectivity index (χ4n) is 1.72. The Balaban J connectivity index is 3.22. The van der Waals surface area contributed by atoms with E-state index < -0.39 is 4.92 Å². The van der Waals surface area contributed by atoms with Crippen molar-refractivity contribution in [2.45, 2.75) is 26.8 Å². The summed E-state index contributed by atoms with van der Waals surface area (Å²) in [4.78, 5) is 28.3. The van der Waals surface area contributed by atoms with Crippen molar-refractivity contribution in [3.8, 4) is 0 Å². The minimum Gasteiger partial charge on any atom is -0.373 e. The van der Waals surface area contributed by atoms with Gasteiger partial charge in [-0.25, -0.2) is 4.98 Å². The first-order valence-corrected chi connectivity index (χ1v) is 6.39. The molecule has 0 spiro atoms. The van der Waals surface area contributed by atoms with Crippen molar-refractivity contribution in [2.75, 3.05) is 19.4 Å². The van der Waals surface area contributed by atoms with Crippen molar-refractivity contribution in [2.24, 2.45) is 5.92 Å². The number of anilines is 1. The average molecular weight is 280 g/mol. The Morgan fingerprint density at radius 2 is 2.05 bits per heavy atom. The summed E-state index contributed by atoms with van der Waals surface area (Å²) in [5.74, 6) is 0.301. The summed E-state index contributed by atoms with van der Waals surface area (Å²) in [6.07, 6.45) is 1.10.